The second kappa shape index (κ2) is 55.1. The van der Waals surface area contributed by atoms with Gasteiger partial charge in [0.25, 0.3) is 23.4 Å². The molecule has 2 aliphatic carbocycles. The van der Waals surface area contributed by atoms with Crippen molar-refractivity contribution < 1.29 is 138 Å². The van der Waals surface area contributed by atoms with Gasteiger partial charge in [0.05, 0.1) is 52.9 Å². The minimum atomic E-state index is -2.81. The Bertz CT molecular complexity index is 4550. The number of hydrogen-bond donors (Lipinski definition) is 4. The van der Waals surface area contributed by atoms with Gasteiger partial charge in [0, 0.05) is 144 Å². The van der Waals surface area contributed by atoms with Gasteiger partial charge >= 0.3 is 11.9 Å². The number of hydrogen-bond acceptors (Lipinski definition) is 28. The van der Waals surface area contributed by atoms with Crippen LogP contribution in [-0.2, 0) is 113 Å². The van der Waals surface area contributed by atoms with E-state index < -0.39 is 183 Å². The molecule has 0 radical (unpaired) electrons. The first-order valence-corrected chi connectivity index (χ1v) is 55.2. The number of ketones is 6. The van der Waals surface area contributed by atoms with E-state index in [4.69, 9.17) is 60.5 Å². The standard InChI is InChI=1S/2C53H84NO14P/c2*1-32-18-14-13-15-19-33(2)44(63-8)30-40-23-21-38(7)53(61,67-40)50(58)51(59)54-25-17-16-20-41(54)52(60)66-45(35(4)28-39-22-24-43(46(29-39)64-9)68-69(11,12)62)31-42(55)34(3)27-37(6)48(57)49(65-10)47(56)36(5)26-32/h2*13-15,18-19,27,32,34-36,38-41,43-46,48-49,57,61H,16-17,20-26,28-31H2,1-12H3/b2*15-13?,18-14+,33-19?,37-27+/t2*32-,34-,35-,36-,38-,39+,40+,41+,43-,44+,45+,46-,48-,49+,53-/m11/s1/i8D3;. The van der Waals surface area contributed by atoms with Crippen molar-refractivity contribution in [1.82, 2.24) is 9.80 Å². The summed E-state index contributed by atoms with van der Waals surface area (Å²) >= 11 is 0. The van der Waals surface area contributed by atoms with E-state index in [0.29, 0.717) is 126 Å². The number of ether oxygens (including phenoxy) is 10. The summed E-state index contributed by atoms with van der Waals surface area (Å²) in [6, 6.07) is -2.38. The zero-order valence-corrected chi connectivity index (χ0v) is 88.1. The quantitative estimate of drug-likeness (QED) is 0.0482. The van der Waals surface area contributed by atoms with Crippen LogP contribution in [0, 0.1) is 71.0 Å². The first-order valence-electron chi connectivity index (χ1n) is 51.6. The zero-order chi connectivity index (χ0) is 105. The fourth-order valence-corrected chi connectivity index (χ4v) is 22.7. The van der Waals surface area contributed by atoms with Crippen molar-refractivity contribution in [3.05, 3.63) is 95.2 Å². The van der Waals surface area contributed by atoms with Crippen LogP contribution in [-0.4, -0.2) is 280 Å². The lowest BCUT2D eigenvalue weighted by Crippen LogP contribution is -2.61. The van der Waals surface area contributed by atoms with Gasteiger partial charge in [-0.15, -0.1) is 0 Å². The van der Waals surface area contributed by atoms with Crippen LogP contribution in [0.5, 0.6) is 0 Å². The lowest BCUT2D eigenvalue weighted by Gasteiger charge is -2.42. The monoisotopic (exact) mass is 1980 g/mol. The molecule has 30 atom stereocenters. The van der Waals surface area contributed by atoms with E-state index in [1.165, 1.54) is 19.1 Å². The normalized spacial score (nSPS) is 38.2. The number of esters is 2. The van der Waals surface area contributed by atoms with E-state index in [1.807, 2.05) is 78.0 Å². The highest BCUT2D eigenvalue weighted by atomic mass is 31.2. The highest BCUT2D eigenvalue weighted by Gasteiger charge is 2.56. The molecule has 6 fully saturated rings. The molecule has 0 aromatic heterocycles. The third kappa shape index (κ3) is 33.9. The molecule has 8 rings (SSSR count). The van der Waals surface area contributed by atoms with Gasteiger partial charge in [-0.2, -0.15) is 0 Å². The molecule has 6 heterocycles. The Labute approximate surface area is 825 Å². The van der Waals surface area contributed by atoms with E-state index >= 15 is 0 Å². The lowest BCUT2D eigenvalue weighted by atomic mass is 9.78. The number of piperidine rings is 2. The predicted octanol–water partition coefficient (Wildman–Crippen LogP) is 15.5. The van der Waals surface area contributed by atoms with E-state index in [2.05, 4.69) is 0 Å². The van der Waals surface area contributed by atoms with Crippen LogP contribution in [0.4, 0.5) is 0 Å². The van der Waals surface area contributed by atoms with E-state index in [1.54, 1.807) is 140 Å². The molecule has 8 aliphatic rings. The third-order valence-electron chi connectivity index (χ3n) is 29.5. The van der Waals surface area contributed by atoms with Gasteiger partial charge in [0.2, 0.25) is 11.6 Å². The Hall–Kier alpha value is -6.28. The van der Waals surface area contributed by atoms with Gasteiger partial charge in [0.15, 0.2) is 26.3 Å². The molecular formula is C106H168N2O28P2. The number of methoxy groups -OCH3 is 6. The number of allylic oxidation sites excluding steroid dienone is 12. The smallest absolute Gasteiger partial charge is 0.329 e. The van der Waals surface area contributed by atoms with Gasteiger partial charge in [0.1, 0.15) is 60.3 Å². The van der Waals surface area contributed by atoms with Crippen LogP contribution in [0.1, 0.15) is 255 Å². The molecule has 0 aromatic carbocycles. The summed E-state index contributed by atoms with van der Waals surface area (Å²) in [5.41, 5.74) is 2.12. The molecule has 4 saturated heterocycles. The van der Waals surface area contributed by atoms with Gasteiger partial charge in [-0.1, -0.05) is 142 Å². The Morgan fingerprint density at radius 3 is 1.16 bits per heavy atom. The highest BCUT2D eigenvalue weighted by Crippen LogP contribution is 2.48. The number of carbonyl (C=O) groups excluding carboxylic acids is 10. The van der Waals surface area contributed by atoms with E-state index in [-0.39, 0.29) is 129 Å². The number of rotatable bonds is 16. The summed E-state index contributed by atoms with van der Waals surface area (Å²) in [5, 5.41) is 47.0. The summed E-state index contributed by atoms with van der Waals surface area (Å²) in [6.45, 7) is 31.2. The van der Waals surface area contributed by atoms with Crippen LogP contribution in [0.3, 0.4) is 0 Å². The Kier molecular flexibility index (Phi) is 45.4. The molecule has 30 nitrogen and oxygen atoms in total. The van der Waals surface area contributed by atoms with E-state index in [0.717, 1.165) is 16.9 Å². The summed E-state index contributed by atoms with van der Waals surface area (Å²) in [4.78, 5) is 145. The second-order valence-electron chi connectivity index (χ2n) is 41.7. The molecule has 2 amide bonds. The number of amides is 2. The molecule has 0 spiro atoms. The fraction of sp³-hybridized carbons (Fsp3) is 0.755. The summed E-state index contributed by atoms with van der Waals surface area (Å²) in [6.07, 6.45) is 19.9. The molecule has 32 heteroatoms. The molecule has 2 saturated carbocycles. The Morgan fingerprint density at radius 2 is 0.819 bits per heavy atom. The van der Waals surface area contributed by atoms with Crippen molar-refractivity contribution in [2.45, 2.75) is 360 Å². The van der Waals surface area contributed by atoms with Crippen LogP contribution in [0.2, 0.25) is 0 Å². The molecule has 6 aliphatic heterocycles. The van der Waals surface area contributed by atoms with Crippen molar-refractivity contribution in [2.75, 3.05) is 82.3 Å². The van der Waals surface area contributed by atoms with Gasteiger partial charge in [-0.25, -0.2) is 9.59 Å². The average Bonchev–Trinajstić information content (AvgIpc) is 0.797. The number of Topliss-reactive ketones (excluding diaryl/α,β-unsaturated/α-hetero) is 6. The first kappa shape index (κ1) is 114. The van der Waals surface area contributed by atoms with Gasteiger partial charge in [-0.05, 0) is 214 Å². The summed E-state index contributed by atoms with van der Waals surface area (Å²) in [5.74, 6) is -17.1. The molecule has 4 N–H and O–H groups in total. The number of nitrogens with zero attached hydrogens (tertiary/aromatic N) is 2. The minimum absolute atomic E-state index is 0.0107. The summed E-state index contributed by atoms with van der Waals surface area (Å²) in [7, 11) is -0.929. The van der Waals surface area contributed by atoms with Crippen molar-refractivity contribution in [3.63, 3.8) is 0 Å². The van der Waals surface area contributed by atoms with Crippen LogP contribution in [0.25, 0.3) is 0 Å². The predicted molar refractivity (Wildman–Crippen MR) is 527 cm³/mol. The Morgan fingerprint density at radius 1 is 0.449 bits per heavy atom. The maximum absolute atomic E-state index is 14.5. The lowest BCUT2D eigenvalue weighted by molar-refractivity contribution is -0.265. The van der Waals surface area contributed by atoms with Crippen molar-refractivity contribution in [1.29, 1.82) is 0 Å². The highest BCUT2D eigenvalue weighted by molar-refractivity contribution is 7.57. The topological polar surface area (TPSA) is 403 Å². The Balaban J connectivity index is 0.000000383. The number of carbonyl (C=O) groups is 10. The molecule has 0 aromatic rings. The molecule has 0 unspecified atom stereocenters. The van der Waals surface area contributed by atoms with Gasteiger partial charge < -0.3 is 86.6 Å². The number of cyclic esters (lactones) is 2. The van der Waals surface area contributed by atoms with Crippen LogP contribution >= 0.6 is 14.7 Å². The average molecular weight is 1980 g/mol. The van der Waals surface area contributed by atoms with Crippen LogP contribution in [0.15, 0.2) is 95.2 Å². The van der Waals surface area contributed by atoms with Crippen LogP contribution < -0.4 is 0 Å². The molecule has 780 valence electrons. The minimum Gasteiger partial charge on any atom is -0.460 e. The van der Waals surface area contributed by atoms with Gasteiger partial charge in [-0.3, -0.25) is 47.5 Å². The SMILES string of the molecule is CO[C@H]1C[C@@H]2CC[C@@H](C)[C@@](O)(O2)C(=O)C(=O)N2CCCC[C@H]2C(=O)O[C@H]([C@H](C)C[C@@H]2CC[C@@H](OP(C)(C)=O)[C@H](OC)C2)CC(=O)[C@H](C)/C=C(\C)[C@@H](O)[C@@H](OC)C(=O)[C@H](C)C[C@H](C)/C=C/C=CC=C1C.[2H]C([2H])([2H])O[C@H]1C[C@@H]2CC[C@@H](C)[C@@](O)(O2)C(=O)C(=O)N2CCCC[C@H]2C(=O)O[C@H]([C@H](C)C[C@@H]2CC[C@@H](OP(C)(C)=O)[C@H](OC)C2)CC(=O)[C@H](C)/C=C(\C)[C@@H](O)[C@@H](OC)C(=O)[C@H](C)C[C@H](C)/C=C/C=CC=C1C. The molecular weight excluding hydrogens is 1810 g/mol. The largest absolute Gasteiger partial charge is 0.460 e. The zero-order valence-electron chi connectivity index (χ0n) is 89.4. The number of aliphatic hydroxyl groups is 4. The molecule has 138 heavy (non-hydrogen) atoms. The maximum Gasteiger partial charge on any atom is 0.329 e. The van der Waals surface area contributed by atoms with Crippen molar-refractivity contribution in [3.8, 4) is 0 Å². The first-order chi connectivity index (χ1) is 66.0. The van der Waals surface area contributed by atoms with Crippen molar-refractivity contribution in [2.24, 2.45) is 71.0 Å². The fourth-order valence-electron chi connectivity index (χ4n) is 21.0. The second-order valence-corrected chi connectivity index (χ2v) is 47.2. The maximum atomic E-state index is 14.5. The number of aliphatic hydroxyl groups excluding tert-OH is 2. The number of fused-ring (bicyclic) bond motifs is 6. The molecule has 4 bridgehead atoms. The summed E-state index contributed by atoms with van der Waals surface area (Å²) < 4.78 is 120. The van der Waals surface area contributed by atoms with Crippen molar-refractivity contribution >= 4 is 73.2 Å². The van der Waals surface area contributed by atoms with E-state index in [9.17, 15) is 77.5 Å². The third-order valence-corrected chi connectivity index (χ3v) is 31.1.